The second-order valence-corrected chi connectivity index (χ2v) is 4.90. The maximum atomic E-state index is 10.9. The highest BCUT2D eigenvalue weighted by Crippen LogP contribution is 2.32. The maximum Gasteiger partial charge on any atom is 0.294 e. The minimum absolute atomic E-state index is 0.0863. The van der Waals surface area contributed by atoms with Gasteiger partial charge in [-0.05, 0) is 24.3 Å². The van der Waals surface area contributed by atoms with E-state index in [1.165, 1.54) is 18.2 Å². The smallest absolute Gasteiger partial charge is 0.294 e. The van der Waals surface area contributed by atoms with Crippen LogP contribution in [-0.2, 0) is 10.1 Å². The number of carbonyl (C=O) groups is 1. The van der Waals surface area contributed by atoms with Gasteiger partial charge in [0.2, 0.25) is 0 Å². The predicted octanol–water partition coefficient (Wildman–Crippen LogP) is 1.71. The molecule has 2 rings (SSSR count). The van der Waals surface area contributed by atoms with Crippen LogP contribution in [0.25, 0.3) is 11.3 Å². The fourth-order valence-electron chi connectivity index (χ4n) is 1.44. The average molecular weight is 268 g/mol. The normalized spacial score (nSPS) is 11.4. The van der Waals surface area contributed by atoms with Crippen molar-refractivity contribution in [2.75, 3.05) is 0 Å². The molecule has 0 radical (unpaired) electrons. The molecule has 94 valence electrons. The molecule has 1 aromatic carbocycles. The summed E-state index contributed by atoms with van der Waals surface area (Å²) in [6.07, 6.45) is 0.507. The molecule has 0 spiro atoms. The molecule has 0 amide bonds. The van der Waals surface area contributed by atoms with Gasteiger partial charge in [0.05, 0.1) is 10.5 Å². The first-order valence-corrected chi connectivity index (χ1v) is 6.22. The van der Waals surface area contributed by atoms with Crippen LogP contribution in [0.1, 0.15) is 10.6 Å². The van der Waals surface area contributed by atoms with E-state index in [0.717, 1.165) is 12.1 Å². The zero-order chi connectivity index (χ0) is 13.3. The summed E-state index contributed by atoms with van der Waals surface area (Å²) in [5, 5.41) is 9.67. The van der Waals surface area contributed by atoms with Gasteiger partial charge in [0.15, 0.2) is 12.0 Å². The van der Waals surface area contributed by atoms with Crippen molar-refractivity contribution >= 4 is 16.4 Å². The molecule has 2 aromatic rings. The average Bonchev–Trinajstić information content (AvgIpc) is 2.76. The van der Waals surface area contributed by atoms with Crippen LogP contribution in [-0.4, -0.2) is 24.4 Å². The molecule has 1 aromatic heterocycles. The van der Waals surface area contributed by atoms with Gasteiger partial charge < -0.3 is 9.52 Å². The van der Waals surface area contributed by atoms with Crippen molar-refractivity contribution in [1.82, 2.24) is 0 Å². The molecule has 0 bridgehead atoms. The van der Waals surface area contributed by atoms with Crippen LogP contribution >= 0.6 is 0 Å². The molecule has 0 aliphatic carbocycles. The Kier molecular flexibility index (Phi) is 2.93. The van der Waals surface area contributed by atoms with Crippen molar-refractivity contribution in [3.05, 3.63) is 36.1 Å². The van der Waals surface area contributed by atoms with Crippen molar-refractivity contribution in [3.63, 3.8) is 0 Å². The topological polar surface area (TPSA) is 105 Å². The lowest BCUT2D eigenvalue weighted by atomic mass is 10.1. The summed E-state index contributed by atoms with van der Waals surface area (Å²) < 4.78 is 35.6. The fraction of sp³-hybridized carbons (Fsp3) is 0. The number of carbonyl (C=O) groups excluding carboxylic acids is 1. The third kappa shape index (κ3) is 2.27. The SMILES string of the molecule is O=Cc1ccc(-c2ccc(S(=O)(=O)O)cc2O)o1. The Labute approximate surface area is 102 Å². The zero-order valence-corrected chi connectivity index (χ0v) is 9.72. The first-order chi connectivity index (χ1) is 8.41. The number of furan rings is 1. The number of aldehydes is 1. The lowest BCUT2D eigenvalue weighted by molar-refractivity contribution is 0.110. The van der Waals surface area contributed by atoms with E-state index in [1.807, 2.05) is 0 Å². The molecule has 1 heterocycles. The Hall–Kier alpha value is -2.12. The Morgan fingerprint density at radius 1 is 1.17 bits per heavy atom. The highest BCUT2D eigenvalue weighted by Gasteiger charge is 2.15. The molecule has 0 saturated carbocycles. The Morgan fingerprint density at radius 2 is 1.89 bits per heavy atom. The summed E-state index contributed by atoms with van der Waals surface area (Å²) in [6, 6.07) is 6.16. The largest absolute Gasteiger partial charge is 0.507 e. The van der Waals surface area contributed by atoms with E-state index in [-0.39, 0.29) is 22.8 Å². The fourth-order valence-corrected chi connectivity index (χ4v) is 1.94. The highest BCUT2D eigenvalue weighted by atomic mass is 32.2. The van der Waals surface area contributed by atoms with Gasteiger partial charge in [0.1, 0.15) is 11.5 Å². The van der Waals surface area contributed by atoms with E-state index in [9.17, 15) is 18.3 Å². The summed E-state index contributed by atoms with van der Waals surface area (Å²) in [5.74, 6) is -0.0725. The first kappa shape index (κ1) is 12.3. The second kappa shape index (κ2) is 4.28. The molecule has 0 aliphatic rings. The highest BCUT2D eigenvalue weighted by molar-refractivity contribution is 7.85. The zero-order valence-electron chi connectivity index (χ0n) is 8.90. The predicted molar refractivity (Wildman–Crippen MR) is 61.0 cm³/mol. The summed E-state index contributed by atoms with van der Waals surface area (Å²) in [7, 11) is -4.37. The van der Waals surface area contributed by atoms with Crippen LogP contribution in [0.3, 0.4) is 0 Å². The van der Waals surface area contributed by atoms with Gasteiger partial charge in [-0.1, -0.05) is 0 Å². The summed E-state index contributed by atoms with van der Waals surface area (Å²) >= 11 is 0. The van der Waals surface area contributed by atoms with Crippen LogP contribution < -0.4 is 0 Å². The Morgan fingerprint density at radius 3 is 2.39 bits per heavy atom. The minimum Gasteiger partial charge on any atom is -0.507 e. The van der Waals surface area contributed by atoms with Crippen molar-refractivity contribution in [2.24, 2.45) is 0 Å². The van der Waals surface area contributed by atoms with Crippen LogP contribution in [0.2, 0.25) is 0 Å². The van der Waals surface area contributed by atoms with Gasteiger partial charge in [-0.15, -0.1) is 0 Å². The van der Waals surface area contributed by atoms with Gasteiger partial charge in [0, 0.05) is 6.07 Å². The van der Waals surface area contributed by atoms with E-state index < -0.39 is 15.0 Å². The lowest BCUT2D eigenvalue weighted by Gasteiger charge is -2.03. The summed E-state index contributed by atoms with van der Waals surface area (Å²) in [4.78, 5) is 10.0. The third-order valence-electron chi connectivity index (χ3n) is 2.28. The number of aromatic hydroxyl groups is 1. The molecule has 2 N–H and O–H groups in total. The summed E-state index contributed by atoms with van der Waals surface area (Å²) in [6.45, 7) is 0. The van der Waals surface area contributed by atoms with Crippen LogP contribution in [0, 0.1) is 0 Å². The van der Waals surface area contributed by atoms with Crippen LogP contribution in [0.4, 0.5) is 0 Å². The summed E-state index contributed by atoms with van der Waals surface area (Å²) in [5.41, 5.74) is 0.218. The Bertz CT molecular complexity index is 698. The van der Waals surface area contributed by atoms with E-state index in [1.54, 1.807) is 0 Å². The van der Waals surface area contributed by atoms with E-state index in [0.29, 0.717) is 6.29 Å². The number of rotatable bonds is 3. The quantitative estimate of drug-likeness (QED) is 0.648. The molecule has 18 heavy (non-hydrogen) atoms. The monoisotopic (exact) mass is 268 g/mol. The molecule has 0 atom stereocenters. The van der Waals surface area contributed by atoms with Crippen LogP contribution in [0.5, 0.6) is 5.75 Å². The van der Waals surface area contributed by atoms with Crippen molar-refractivity contribution in [2.45, 2.75) is 4.90 Å². The molecule has 0 unspecified atom stereocenters. The number of benzene rings is 1. The Balaban J connectivity index is 2.51. The number of phenolic OH excluding ortho intramolecular Hbond substituents is 1. The number of hydrogen-bond acceptors (Lipinski definition) is 5. The molecule has 0 aliphatic heterocycles. The molecule has 6 nitrogen and oxygen atoms in total. The second-order valence-electron chi connectivity index (χ2n) is 3.47. The van der Waals surface area contributed by atoms with Crippen LogP contribution in [0.15, 0.2) is 39.6 Å². The van der Waals surface area contributed by atoms with Gasteiger partial charge in [0.25, 0.3) is 10.1 Å². The molecule has 0 saturated heterocycles. The van der Waals surface area contributed by atoms with Gasteiger partial charge >= 0.3 is 0 Å². The van der Waals surface area contributed by atoms with Gasteiger partial charge in [-0.2, -0.15) is 8.42 Å². The lowest BCUT2D eigenvalue weighted by Crippen LogP contribution is -1.97. The molecular weight excluding hydrogens is 260 g/mol. The van der Waals surface area contributed by atoms with E-state index in [2.05, 4.69) is 0 Å². The standard InChI is InChI=1S/C11H8O6S/c12-6-7-1-4-11(17-7)9-3-2-8(5-10(9)13)18(14,15)16/h1-6,13H,(H,14,15,16). The van der Waals surface area contributed by atoms with Gasteiger partial charge in [-0.25, -0.2) is 0 Å². The number of phenols is 1. The van der Waals surface area contributed by atoms with Crippen molar-refractivity contribution < 1.29 is 27.3 Å². The molecule has 0 fully saturated rings. The van der Waals surface area contributed by atoms with Gasteiger partial charge in [-0.3, -0.25) is 9.35 Å². The maximum absolute atomic E-state index is 10.9. The third-order valence-corrected chi connectivity index (χ3v) is 3.13. The molecular formula is C11H8O6S. The van der Waals surface area contributed by atoms with Crippen molar-refractivity contribution in [1.29, 1.82) is 0 Å². The van der Waals surface area contributed by atoms with E-state index >= 15 is 0 Å². The first-order valence-electron chi connectivity index (χ1n) is 4.77. The molecule has 7 heteroatoms. The van der Waals surface area contributed by atoms with E-state index in [4.69, 9.17) is 8.97 Å². The number of hydrogen-bond donors (Lipinski definition) is 2. The van der Waals surface area contributed by atoms with Crippen molar-refractivity contribution in [3.8, 4) is 17.1 Å². The minimum atomic E-state index is -4.37.